The van der Waals surface area contributed by atoms with Crippen molar-refractivity contribution >= 4 is 11.6 Å². The highest BCUT2D eigenvalue weighted by molar-refractivity contribution is 6.32. The molecule has 0 bridgehead atoms. The molecule has 15 heavy (non-hydrogen) atoms. The fraction of sp³-hybridized carbons (Fsp3) is 0.400. The summed E-state index contributed by atoms with van der Waals surface area (Å²) in [5.41, 5.74) is 3.28. The average Bonchev–Trinajstić information content (AvgIpc) is 2.25. The third-order valence-electron chi connectivity index (χ3n) is 2.23. The highest BCUT2D eigenvalue weighted by Gasteiger charge is 2.15. The lowest BCUT2D eigenvalue weighted by molar-refractivity contribution is 0.160. The van der Waals surface area contributed by atoms with Crippen LogP contribution in [-0.4, -0.2) is 17.4 Å². The van der Waals surface area contributed by atoms with E-state index in [0.29, 0.717) is 16.3 Å². The first kappa shape index (κ1) is 12.1. The van der Waals surface area contributed by atoms with Gasteiger partial charge in [0.25, 0.3) is 0 Å². The molecule has 0 aliphatic heterocycles. The Hall–Kier alpha value is -0.970. The molecular formula is C10H14ClNO3. The van der Waals surface area contributed by atoms with Crippen LogP contribution in [-0.2, 0) is 13.0 Å². The number of hydrogen-bond acceptors (Lipinski definition) is 4. The molecule has 0 aromatic heterocycles. The lowest BCUT2D eigenvalue weighted by Gasteiger charge is -2.13. The van der Waals surface area contributed by atoms with Crippen molar-refractivity contribution in [1.29, 1.82) is 0 Å². The summed E-state index contributed by atoms with van der Waals surface area (Å²) in [6.45, 7) is 2.03. The van der Waals surface area contributed by atoms with Crippen LogP contribution in [0.4, 0.5) is 0 Å². The molecule has 1 aromatic rings. The van der Waals surface area contributed by atoms with Crippen LogP contribution in [0.3, 0.4) is 0 Å². The van der Waals surface area contributed by atoms with E-state index in [2.05, 4.69) is 0 Å². The third-order valence-corrected chi connectivity index (χ3v) is 2.70. The van der Waals surface area contributed by atoms with Gasteiger partial charge in [-0.15, -0.1) is 0 Å². The first-order chi connectivity index (χ1) is 7.15. The number of halogens is 1. The molecule has 0 amide bonds. The van der Waals surface area contributed by atoms with E-state index in [9.17, 15) is 5.11 Å². The zero-order valence-electron chi connectivity index (χ0n) is 8.67. The molecule has 1 aromatic carbocycles. The molecule has 0 saturated carbocycles. The Balaban J connectivity index is 3.32. The second-order valence-electron chi connectivity index (χ2n) is 3.07. The normalized spacial score (nSPS) is 10.4. The lowest BCUT2D eigenvalue weighted by atomic mass is 10.1. The Morgan fingerprint density at radius 1 is 1.53 bits per heavy atom. The van der Waals surface area contributed by atoms with Crippen molar-refractivity contribution in [2.45, 2.75) is 19.9 Å². The summed E-state index contributed by atoms with van der Waals surface area (Å²) in [5.74, 6) is 0.322. The molecule has 0 radical (unpaired) electrons. The van der Waals surface area contributed by atoms with E-state index >= 15 is 0 Å². The molecule has 0 spiro atoms. The van der Waals surface area contributed by atoms with Gasteiger partial charge in [0.05, 0.1) is 18.7 Å². The van der Waals surface area contributed by atoms with Gasteiger partial charge in [-0.1, -0.05) is 18.5 Å². The van der Waals surface area contributed by atoms with E-state index in [1.54, 1.807) is 6.07 Å². The number of benzene rings is 1. The zero-order valence-corrected chi connectivity index (χ0v) is 9.43. The number of ether oxygens (including phenoxy) is 1. The predicted molar refractivity (Wildman–Crippen MR) is 57.7 cm³/mol. The Kier molecular flexibility index (Phi) is 4.20. The van der Waals surface area contributed by atoms with E-state index in [0.717, 1.165) is 12.0 Å². The Morgan fingerprint density at radius 3 is 2.67 bits per heavy atom. The summed E-state index contributed by atoms with van der Waals surface area (Å²) in [4.78, 5) is 0. The minimum absolute atomic E-state index is 0.0405. The molecule has 4 nitrogen and oxygen atoms in total. The minimum Gasteiger partial charge on any atom is -0.504 e. The molecule has 0 saturated heterocycles. The first-order valence-electron chi connectivity index (χ1n) is 4.59. The van der Waals surface area contributed by atoms with Crippen LogP contribution < -0.4 is 10.2 Å². The molecular weight excluding hydrogens is 218 g/mol. The van der Waals surface area contributed by atoms with Crippen LogP contribution in [0.25, 0.3) is 0 Å². The standard InChI is InChI=1S/C10H14ClNO3/c1-3-6-4-8(15-2)10(13)7(5-12-14)9(6)11/h4,12-14H,3,5H2,1-2H3. The van der Waals surface area contributed by atoms with Crippen molar-refractivity contribution in [3.63, 3.8) is 0 Å². The fourth-order valence-corrected chi connectivity index (χ4v) is 1.73. The van der Waals surface area contributed by atoms with E-state index in [1.165, 1.54) is 7.11 Å². The highest BCUT2D eigenvalue weighted by Crippen LogP contribution is 2.37. The molecule has 5 heteroatoms. The van der Waals surface area contributed by atoms with Crippen LogP contribution in [0.2, 0.25) is 5.02 Å². The van der Waals surface area contributed by atoms with Gasteiger partial charge in [-0.2, -0.15) is 0 Å². The SMILES string of the molecule is CCc1cc(OC)c(O)c(CNO)c1Cl. The maximum Gasteiger partial charge on any atom is 0.163 e. The molecule has 3 N–H and O–H groups in total. The lowest BCUT2D eigenvalue weighted by Crippen LogP contribution is -2.08. The van der Waals surface area contributed by atoms with Gasteiger partial charge < -0.3 is 15.1 Å². The third kappa shape index (κ3) is 2.34. The van der Waals surface area contributed by atoms with E-state index in [1.807, 2.05) is 12.4 Å². The number of rotatable bonds is 4. The van der Waals surface area contributed by atoms with E-state index < -0.39 is 0 Å². The van der Waals surface area contributed by atoms with Crippen molar-refractivity contribution < 1.29 is 15.1 Å². The van der Waals surface area contributed by atoms with Crippen molar-refractivity contribution in [3.05, 3.63) is 22.2 Å². The molecule has 84 valence electrons. The second-order valence-corrected chi connectivity index (χ2v) is 3.45. The van der Waals surface area contributed by atoms with Gasteiger partial charge >= 0.3 is 0 Å². The van der Waals surface area contributed by atoms with E-state index in [4.69, 9.17) is 21.5 Å². The molecule has 0 unspecified atom stereocenters. The number of aryl methyl sites for hydroxylation is 1. The van der Waals surface area contributed by atoms with Gasteiger partial charge in [-0.3, -0.25) is 0 Å². The van der Waals surface area contributed by atoms with Gasteiger partial charge in [0.2, 0.25) is 0 Å². The molecule has 0 heterocycles. The summed E-state index contributed by atoms with van der Waals surface area (Å²) in [7, 11) is 1.47. The summed E-state index contributed by atoms with van der Waals surface area (Å²) in [5, 5.41) is 18.9. The van der Waals surface area contributed by atoms with Crippen molar-refractivity contribution in [2.24, 2.45) is 0 Å². The Bertz CT molecular complexity index is 327. The monoisotopic (exact) mass is 231 g/mol. The molecule has 0 fully saturated rings. The summed E-state index contributed by atoms with van der Waals surface area (Å²) in [6, 6.07) is 1.69. The summed E-state index contributed by atoms with van der Waals surface area (Å²) >= 11 is 6.06. The topological polar surface area (TPSA) is 61.7 Å². The smallest absolute Gasteiger partial charge is 0.163 e. The predicted octanol–water partition coefficient (Wildman–Crippen LogP) is 2.10. The largest absolute Gasteiger partial charge is 0.504 e. The maximum atomic E-state index is 9.76. The molecule has 0 atom stereocenters. The van der Waals surface area contributed by atoms with Gasteiger partial charge in [0.15, 0.2) is 11.5 Å². The molecule has 0 aliphatic carbocycles. The Morgan fingerprint density at radius 2 is 2.20 bits per heavy atom. The fourth-order valence-electron chi connectivity index (χ4n) is 1.39. The van der Waals surface area contributed by atoms with Crippen LogP contribution in [0.15, 0.2) is 6.07 Å². The molecule has 1 rings (SSSR count). The Labute approximate surface area is 93.4 Å². The van der Waals surface area contributed by atoms with Crippen molar-refractivity contribution in [3.8, 4) is 11.5 Å². The number of phenols is 1. The summed E-state index contributed by atoms with van der Waals surface area (Å²) in [6.07, 6.45) is 0.730. The number of nitrogens with one attached hydrogen (secondary N) is 1. The zero-order chi connectivity index (χ0) is 11.4. The first-order valence-corrected chi connectivity index (χ1v) is 4.97. The molecule has 0 aliphatic rings. The van der Waals surface area contributed by atoms with Gasteiger partial charge in [0, 0.05) is 5.56 Å². The number of hydroxylamine groups is 1. The quantitative estimate of drug-likeness (QED) is 0.695. The van der Waals surface area contributed by atoms with Gasteiger partial charge in [-0.05, 0) is 18.1 Å². The van der Waals surface area contributed by atoms with Crippen LogP contribution >= 0.6 is 11.6 Å². The highest BCUT2D eigenvalue weighted by atomic mass is 35.5. The number of phenolic OH excluding ortho intramolecular Hbond substituents is 1. The van der Waals surface area contributed by atoms with Crippen LogP contribution in [0.1, 0.15) is 18.1 Å². The number of aromatic hydroxyl groups is 1. The van der Waals surface area contributed by atoms with Crippen LogP contribution in [0.5, 0.6) is 11.5 Å². The van der Waals surface area contributed by atoms with Gasteiger partial charge in [0.1, 0.15) is 0 Å². The van der Waals surface area contributed by atoms with Gasteiger partial charge in [-0.25, -0.2) is 5.48 Å². The number of hydrogen-bond donors (Lipinski definition) is 3. The number of methoxy groups -OCH3 is 1. The maximum absolute atomic E-state index is 9.76. The summed E-state index contributed by atoms with van der Waals surface area (Å²) < 4.78 is 5.01. The average molecular weight is 232 g/mol. The van der Waals surface area contributed by atoms with Crippen LogP contribution in [0, 0.1) is 0 Å². The van der Waals surface area contributed by atoms with Crippen molar-refractivity contribution in [1.82, 2.24) is 5.48 Å². The van der Waals surface area contributed by atoms with Crippen molar-refractivity contribution in [2.75, 3.05) is 7.11 Å². The van der Waals surface area contributed by atoms with E-state index in [-0.39, 0.29) is 12.3 Å². The second kappa shape index (κ2) is 5.21. The minimum atomic E-state index is -0.0405.